The van der Waals surface area contributed by atoms with Gasteiger partial charge < -0.3 is 4.74 Å². The minimum Gasteiger partial charge on any atom is -0.465 e. The van der Waals surface area contributed by atoms with Crippen LogP contribution in [0.5, 0.6) is 0 Å². The molecule has 0 aliphatic carbocycles. The van der Waals surface area contributed by atoms with E-state index in [0.717, 1.165) is 54.1 Å². The molecule has 1 aliphatic rings. The van der Waals surface area contributed by atoms with Gasteiger partial charge in [-0.1, -0.05) is 42.5 Å². The summed E-state index contributed by atoms with van der Waals surface area (Å²) in [7, 11) is 0. The molecule has 0 saturated carbocycles. The van der Waals surface area contributed by atoms with Crippen LogP contribution in [0.25, 0.3) is 22.4 Å². The zero-order valence-electron chi connectivity index (χ0n) is 17.3. The summed E-state index contributed by atoms with van der Waals surface area (Å²) in [5, 5.41) is 0. The van der Waals surface area contributed by atoms with Crippen LogP contribution in [-0.4, -0.2) is 35.5 Å². The third-order valence-corrected chi connectivity index (χ3v) is 5.61. The number of benzene rings is 2. The third-order valence-electron chi connectivity index (χ3n) is 5.61. The summed E-state index contributed by atoms with van der Waals surface area (Å²) in [6, 6.07) is 17.0. The van der Waals surface area contributed by atoms with Crippen LogP contribution in [-0.2, 0) is 22.5 Å². The highest BCUT2D eigenvalue weighted by Crippen LogP contribution is 2.33. The Morgan fingerprint density at radius 1 is 1.07 bits per heavy atom. The highest BCUT2D eigenvalue weighted by atomic mass is 19.1. The number of carbonyl (C=O) groups is 1. The van der Waals surface area contributed by atoms with Crippen LogP contribution >= 0.6 is 0 Å². The van der Waals surface area contributed by atoms with Crippen molar-refractivity contribution in [3.8, 4) is 22.4 Å². The molecule has 0 N–H and O–H groups in total. The Kier molecular flexibility index (Phi) is 5.91. The summed E-state index contributed by atoms with van der Waals surface area (Å²) in [6.07, 6.45) is 0.856. The molecule has 154 valence electrons. The van der Waals surface area contributed by atoms with Crippen LogP contribution in [0.15, 0.2) is 54.6 Å². The monoisotopic (exact) mass is 404 g/mol. The van der Waals surface area contributed by atoms with Gasteiger partial charge in [-0.15, -0.1) is 0 Å². The summed E-state index contributed by atoms with van der Waals surface area (Å²) in [5.74, 6) is -0.461. The molecular formula is C25H25FN2O2. The number of hydrogen-bond acceptors (Lipinski definition) is 4. The van der Waals surface area contributed by atoms with E-state index in [9.17, 15) is 9.18 Å². The number of fused-ring (bicyclic) bond motifs is 1. The smallest absolute Gasteiger partial charge is 0.302 e. The molecule has 0 radical (unpaired) electrons. The molecule has 4 nitrogen and oxygen atoms in total. The van der Waals surface area contributed by atoms with Gasteiger partial charge in [0.2, 0.25) is 0 Å². The van der Waals surface area contributed by atoms with Crippen molar-refractivity contribution in [2.75, 3.05) is 19.7 Å². The number of nitrogens with zero attached hydrogens (tertiary/aromatic N) is 2. The van der Waals surface area contributed by atoms with Gasteiger partial charge in [0.15, 0.2) is 0 Å². The maximum Gasteiger partial charge on any atom is 0.302 e. The topological polar surface area (TPSA) is 42.4 Å². The van der Waals surface area contributed by atoms with E-state index in [2.05, 4.69) is 11.0 Å². The first-order chi connectivity index (χ1) is 14.5. The van der Waals surface area contributed by atoms with E-state index >= 15 is 0 Å². The van der Waals surface area contributed by atoms with Gasteiger partial charge in [-0.25, -0.2) is 4.39 Å². The fourth-order valence-corrected chi connectivity index (χ4v) is 4.02. The van der Waals surface area contributed by atoms with Crippen molar-refractivity contribution in [1.82, 2.24) is 9.88 Å². The number of hydrogen-bond donors (Lipinski definition) is 0. The van der Waals surface area contributed by atoms with Gasteiger partial charge in [0.1, 0.15) is 12.4 Å². The summed E-state index contributed by atoms with van der Waals surface area (Å²) in [4.78, 5) is 18.2. The highest BCUT2D eigenvalue weighted by Gasteiger charge is 2.19. The lowest BCUT2D eigenvalue weighted by atomic mass is 9.94. The molecule has 0 amide bonds. The molecule has 1 aliphatic heterocycles. The van der Waals surface area contributed by atoms with Gasteiger partial charge >= 0.3 is 5.97 Å². The minimum atomic E-state index is -0.244. The Bertz CT molecular complexity index is 1080. The first-order valence-electron chi connectivity index (χ1n) is 10.2. The standard InChI is InChI=1S/C25H25FN2O2/c1-17-20(22-6-3-4-9-23(22)26)7-5-8-21(17)25-11-10-19-16-28(13-12-24(19)27-25)14-15-30-18(2)29/h3-11H,12-16H2,1-2H3. The average Bonchev–Trinajstić information content (AvgIpc) is 2.74. The summed E-state index contributed by atoms with van der Waals surface area (Å²) in [6.45, 7) is 6.29. The lowest BCUT2D eigenvalue weighted by Crippen LogP contribution is -2.34. The van der Waals surface area contributed by atoms with Crippen molar-refractivity contribution in [2.45, 2.75) is 26.8 Å². The molecule has 0 fully saturated rings. The molecule has 2 aromatic carbocycles. The Labute approximate surface area is 176 Å². The summed E-state index contributed by atoms with van der Waals surface area (Å²) < 4.78 is 19.4. The number of halogens is 1. The first kappa shape index (κ1) is 20.2. The molecule has 0 atom stereocenters. The molecule has 4 rings (SSSR count). The molecule has 1 aromatic heterocycles. The van der Waals surface area contributed by atoms with Crippen LogP contribution < -0.4 is 0 Å². The molecular weight excluding hydrogens is 379 g/mol. The number of carbonyl (C=O) groups excluding carboxylic acids is 1. The van der Waals surface area contributed by atoms with Crippen molar-refractivity contribution in [3.05, 3.63) is 77.2 Å². The zero-order chi connectivity index (χ0) is 21.1. The first-order valence-corrected chi connectivity index (χ1v) is 10.2. The van der Waals surface area contributed by atoms with Gasteiger partial charge in [-0.05, 0) is 35.7 Å². The number of esters is 1. The van der Waals surface area contributed by atoms with Crippen molar-refractivity contribution >= 4 is 5.97 Å². The molecule has 0 unspecified atom stereocenters. The second-order valence-electron chi connectivity index (χ2n) is 7.63. The average molecular weight is 404 g/mol. The third kappa shape index (κ3) is 4.26. The van der Waals surface area contributed by atoms with E-state index in [0.29, 0.717) is 12.2 Å². The number of pyridine rings is 1. The van der Waals surface area contributed by atoms with Crippen LogP contribution in [0.4, 0.5) is 4.39 Å². The summed E-state index contributed by atoms with van der Waals surface area (Å²) in [5.41, 5.74) is 6.77. The zero-order valence-corrected chi connectivity index (χ0v) is 17.3. The Morgan fingerprint density at radius 2 is 1.83 bits per heavy atom. The largest absolute Gasteiger partial charge is 0.465 e. The highest BCUT2D eigenvalue weighted by molar-refractivity contribution is 5.77. The van der Waals surface area contributed by atoms with Crippen molar-refractivity contribution in [1.29, 1.82) is 0 Å². The van der Waals surface area contributed by atoms with E-state index in [-0.39, 0.29) is 11.8 Å². The Balaban J connectivity index is 1.58. The van der Waals surface area contributed by atoms with Crippen molar-refractivity contribution < 1.29 is 13.9 Å². The Morgan fingerprint density at radius 3 is 2.63 bits per heavy atom. The second kappa shape index (κ2) is 8.76. The van der Waals surface area contributed by atoms with E-state index in [4.69, 9.17) is 9.72 Å². The fraction of sp³-hybridized carbons (Fsp3) is 0.280. The Hall–Kier alpha value is -3.05. The van der Waals surface area contributed by atoms with Gasteiger partial charge in [-0.3, -0.25) is 14.7 Å². The number of rotatable bonds is 5. The van der Waals surface area contributed by atoms with Crippen molar-refractivity contribution in [2.24, 2.45) is 0 Å². The van der Waals surface area contributed by atoms with Crippen LogP contribution in [0.1, 0.15) is 23.7 Å². The second-order valence-corrected chi connectivity index (χ2v) is 7.63. The lowest BCUT2D eigenvalue weighted by molar-refractivity contribution is -0.141. The maximum atomic E-state index is 14.3. The SMILES string of the molecule is CC(=O)OCCN1CCc2nc(-c3cccc(-c4ccccc4F)c3C)ccc2C1. The molecule has 5 heteroatoms. The van der Waals surface area contributed by atoms with E-state index in [1.54, 1.807) is 6.07 Å². The number of ether oxygens (including phenoxy) is 1. The van der Waals surface area contributed by atoms with Crippen LogP contribution in [0.2, 0.25) is 0 Å². The normalized spacial score (nSPS) is 13.7. The molecule has 3 aromatic rings. The van der Waals surface area contributed by atoms with Gasteiger partial charge in [0, 0.05) is 49.8 Å². The quantitative estimate of drug-likeness (QED) is 0.574. The summed E-state index contributed by atoms with van der Waals surface area (Å²) >= 11 is 0. The minimum absolute atomic E-state index is 0.218. The molecule has 0 bridgehead atoms. The van der Waals surface area contributed by atoms with Crippen molar-refractivity contribution in [3.63, 3.8) is 0 Å². The van der Waals surface area contributed by atoms with Gasteiger partial charge in [0.05, 0.1) is 5.69 Å². The molecule has 0 spiro atoms. The van der Waals surface area contributed by atoms with Crippen LogP contribution in [0.3, 0.4) is 0 Å². The van der Waals surface area contributed by atoms with Crippen LogP contribution in [0, 0.1) is 12.7 Å². The van der Waals surface area contributed by atoms with E-state index in [1.807, 2.05) is 43.3 Å². The predicted molar refractivity (Wildman–Crippen MR) is 115 cm³/mol. The maximum absolute atomic E-state index is 14.3. The van der Waals surface area contributed by atoms with Gasteiger partial charge in [0.25, 0.3) is 0 Å². The fourth-order valence-electron chi connectivity index (χ4n) is 4.02. The van der Waals surface area contributed by atoms with E-state index in [1.165, 1.54) is 18.6 Å². The number of aromatic nitrogens is 1. The molecule has 0 saturated heterocycles. The predicted octanol–water partition coefficient (Wildman–Crippen LogP) is 4.78. The molecule has 2 heterocycles. The molecule has 30 heavy (non-hydrogen) atoms. The van der Waals surface area contributed by atoms with Gasteiger partial charge in [-0.2, -0.15) is 0 Å². The lowest BCUT2D eigenvalue weighted by Gasteiger charge is -2.28. The van der Waals surface area contributed by atoms with E-state index < -0.39 is 0 Å².